The van der Waals surface area contributed by atoms with E-state index in [1.165, 1.54) is 16.9 Å². The molecule has 2 nitrogen and oxygen atoms in total. The van der Waals surface area contributed by atoms with Gasteiger partial charge in [0.25, 0.3) is 0 Å². The van der Waals surface area contributed by atoms with Gasteiger partial charge in [0.1, 0.15) is 0 Å². The molecule has 2 heterocycles. The van der Waals surface area contributed by atoms with Gasteiger partial charge in [0.2, 0.25) is 0 Å². The van der Waals surface area contributed by atoms with Crippen molar-refractivity contribution in [1.82, 2.24) is 4.98 Å². The van der Waals surface area contributed by atoms with Crippen LogP contribution in [0.1, 0.15) is 23.6 Å². The summed E-state index contributed by atoms with van der Waals surface area (Å²) in [5, 5.41) is 3.43. The molecule has 1 aromatic carbocycles. The summed E-state index contributed by atoms with van der Waals surface area (Å²) in [5.41, 5.74) is 3.80. The molecule has 1 aliphatic heterocycles. The SMILES string of the molecule is c1ccc(C2CCNc3ccccc32)nc1. The van der Waals surface area contributed by atoms with E-state index in [1.54, 1.807) is 0 Å². The van der Waals surface area contributed by atoms with E-state index < -0.39 is 0 Å². The second kappa shape index (κ2) is 3.97. The van der Waals surface area contributed by atoms with Crippen LogP contribution in [0.15, 0.2) is 48.7 Å². The van der Waals surface area contributed by atoms with Crippen molar-refractivity contribution in [2.45, 2.75) is 12.3 Å². The molecule has 2 heteroatoms. The van der Waals surface area contributed by atoms with Gasteiger partial charge < -0.3 is 5.32 Å². The Morgan fingerprint density at radius 2 is 1.94 bits per heavy atom. The quantitative estimate of drug-likeness (QED) is 0.782. The molecule has 0 fully saturated rings. The molecule has 1 aliphatic rings. The summed E-state index contributed by atoms with van der Waals surface area (Å²) in [6.07, 6.45) is 2.99. The number of para-hydroxylation sites is 1. The Morgan fingerprint density at radius 1 is 1.06 bits per heavy atom. The van der Waals surface area contributed by atoms with E-state index in [4.69, 9.17) is 0 Å². The highest BCUT2D eigenvalue weighted by molar-refractivity contribution is 5.56. The monoisotopic (exact) mass is 210 g/mol. The Hall–Kier alpha value is -1.83. The lowest BCUT2D eigenvalue weighted by Crippen LogP contribution is -2.18. The van der Waals surface area contributed by atoms with Gasteiger partial charge in [-0.15, -0.1) is 0 Å². The largest absolute Gasteiger partial charge is 0.385 e. The zero-order chi connectivity index (χ0) is 10.8. The molecule has 1 atom stereocenters. The Bertz CT molecular complexity index is 479. The van der Waals surface area contributed by atoms with Crippen LogP contribution in [0.2, 0.25) is 0 Å². The van der Waals surface area contributed by atoms with Gasteiger partial charge in [-0.1, -0.05) is 24.3 Å². The van der Waals surface area contributed by atoms with Crippen molar-refractivity contribution in [2.75, 3.05) is 11.9 Å². The maximum absolute atomic E-state index is 4.47. The maximum Gasteiger partial charge on any atom is 0.0479 e. The first-order chi connectivity index (χ1) is 7.95. The number of anilines is 1. The molecule has 0 bridgehead atoms. The van der Waals surface area contributed by atoms with Gasteiger partial charge in [-0.25, -0.2) is 0 Å². The molecule has 0 radical (unpaired) electrons. The number of benzene rings is 1. The summed E-state index contributed by atoms with van der Waals surface area (Å²) in [7, 11) is 0. The third-order valence-electron chi connectivity index (χ3n) is 3.13. The zero-order valence-corrected chi connectivity index (χ0v) is 9.06. The number of hydrogen-bond donors (Lipinski definition) is 1. The summed E-state index contributed by atoms with van der Waals surface area (Å²) < 4.78 is 0. The molecule has 1 N–H and O–H groups in total. The van der Waals surface area contributed by atoms with Crippen LogP contribution in [-0.2, 0) is 0 Å². The molecular weight excluding hydrogens is 196 g/mol. The van der Waals surface area contributed by atoms with Gasteiger partial charge >= 0.3 is 0 Å². The van der Waals surface area contributed by atoms with Crippen molar-refractivity contribution in [1.29, 1.82) is 0 Å². The number of pyridine rings is 1. The van der Waals surface area contributed by atoms with Gasteiger partial charge in [-0.3, -0.25) is 4.98 Å². The van der Waals surface area contributed by atoms with Crippen molar-refractivity contribution in [3.05, 3.63) is 59.9 Å². The Labute approximate surface area is 95.3 Å². The van der Waals surface area contributed by atoms with Crippen molar-refractivity contribution < 1.29 is 0 Å². The summed E-state index contributed by atoms with van der Waals surface area (Å²) >= 11 is 0. The van der Waals surface area contributed by atoms with Crippen molar-refractivity contribution in [2.24, 2.45) is 0 Å². The van der Waals surface area contributed by atoms with E-state index in [0.29, 0.717) is 5.92 Å². The first-order valence-electron chi connectivity index (χ1n) is 5.69. The maximum atomic E-state index is 4.47. The molecule has 0 aliphatic carbocycles. The first-order valence-corrected chi connectivity index (χ1v) is 5.69. The Morgan fingerprint density at radius 3 is 2.81 bits per heavy atom. The molecule has 80 valence electrons. The Kier molecular flexibility index (Phi) is 2.33. The average molecular weight is 210 g/mol. The summed E-state index contributed by atoms with van der Waals surface area (Å²) in [5.74, 6) is 0.443. The zero-order valence-electron chi connectivity index (χ0n) is 9.06. The van der Waals surface area contributed by atoms with Crippen LogP contribution >= 0.6 is 0 Å². The second-order valence-electron chi connectivity index (χ2n) is 4.11. The summed E-state index contributed by atoms with van der Waals surface area (Å²) in [6, 6.07) is 14.7. The minimum absolute atomic E-state index is 0.443. The van der Waals surface area contributed by atoms with Gasteiger partial charge in [0.15, 0.2) is 0 Å². The van der Waals surface area contributed by atoms with Crippen LogP contribution < -0.4 is 5.32 Å². The van der Waals surface area contributed by atoms with E-state index in [0.717, 1.165) is 13.0 Å². The average Bonchev–Trinajstić information content (AvgIpc) is 2.39. The minimum Gasteiger partial charge on any atom is -0.385 e. The smallest absolute Gasteiger partial charge is 0.0479 e. The van der Waals surface area contributed by atoms with Crippen molar-refractivity contribution in [3.63, 3.8) is 0 Å². The van der Waals surface area contributed by atoms with Crippen LogP contribution in [0.4, 0.5) is 5.69 Å². The molecular formula is C14H14N2. The molecule has 1 aromatic heterocycles. The highest BCUT2D eigenvalue weighted by Gasteiger charge is 2.21. The molecule has 0 amide bonds. The van der Waals surface area contributed by atoms with E-state index in [1.807, 2.05) is 12.3 Å². The van der Waals surface area contributed by atoms with E-state index >= 15 is 0 Å². The lowest BCUT2D eigenvalue weighted by Gasteiger charge is -2.26. The molecule has 2 aromatic rings. The number of hydrogen-bond acceptors (Lipinski definition) is 2. The predicted molar refractivity (Wildman–Crippen MR) is 65.6 cm³/mol. The second-order valence-corrected chi connectivity index (χ2v) is 4.11. The highest BCUT2D eigenvalue weighted by Crippen LogP contribution is 2.34. The molecule has 0 spiro atoms. The topological polar surface area (TPSA) is 24.9 Å². The lowest BCUT2D eigenvalue weighted by molar-refractivity contribution is 0.700. The van der Waals surface area contributed by atoms with Gasteiger partial charge in [-0.2, -0.15) is 0 Å². The summed E-state index contributed by atoms with van der Waals surface area (Å²) in [4.78, 5) is 4.47. The number of nitrogens with zero attached hydrogens (tertiary/aromatic N) is 1. The third kappa shape index (κ3) is 1.56. The number of aromatic nitrogens is 1. The predicted octanol–water partition coefficient (Wildman–Crippen LogP) is 3.03. The highest BCUT2D eigenvalue weighted by atomic mass is 14.9. The van der Waals surface area contributed by atoms with Crippen molar-refractivity contribution in [3.8, 4) is 0 Å². The molecule has 3 rings (SSSR count). The van der Waals surface area contributed by atoms with Crippen LogP contribution in [0.5, 0.6) is 0 Å². The molecule has 16 heavy (non-hydrogen) atoms. The third-order valence-corrected chi connectivity index (χ3v) is 3.13. The molecule has 1 unspecified atom stereocenters. The number of rotatable bonds is 1. The van der Waals surface area contributed by atoms with Gasteiger partial charge in [0.05, 0.1) is 0 Å². The van der Waals surface area contributed by atoms with Crippen LogP contribution in [0.25, 0.3) is 0 Å². The lowest BCUT2D eigenvalue weighted by atomic mass is 9.88. The number of fused-ring (bicyclic) bond motifs is 1. The fourth-order valence-corrected chi connectivity index (χ4v) is 2.36. The van der Waals surface area contributed by atoms with E-state index in [2.05, 4.69) is 46.7 Å². The van der Waals surface area contributed by atoms with E-state index in [9.17, 15) is 0 Å². The van der Waals surface area contributed by atoms with Gasteiger partial charge in [-0.05, 0) is 30.2 Å². The fourth-order valence-electron chi connectivity index (χ4n) is 2.36. The molecule has 0 saturated carbocycles. The fraction of sp³-hybridized carbons (Fsp3) is 0.214. The van der Waals surface area contributed by atoms with Crippen molar-refractivity contribution >= 4 is 5.69 Å². The van der Waals surface area contributed by atoms with Crippen LogP contribution in [-0.4, -0.2) is 11.5 Å². The van der Waals surface area contributed by atoms with Gasteiger partial charge in [0, 0.05) is 30.0 Å². The molecule has 0 saturated heterocycles. The normalized spacial score (nSPS) is 18.6. The van der Waals surface area contributed by atoms with Crippen LogP contribution in [0.3, 0.4) is 0 Å². The Balaban J connectivity index is 2.05. The number of nitrogens with one attached hydrogen (secondary N) is 1. The summed E-state index contributed by atoms with van der Waals surface area (Å²) in [6.45, 7) is 1.03. The van der Waals surface area contributed by atoms with E-state index in [-0.39, 0.29) is 0 Å². The first kappa shape index (κ1) is 9.40. The standard InChI is InChI=1S/C14H14N2/c1-2-6-13-11(5-1)12(8-10-16-13)14-7-3-4-9-15-14/h1-7,9,12,16H,8,10H2. The van der Waals surface area contributed by atoms with Crippen LogP contribution in [0, 0.1) is 0 Å². The minimum atomic E-state index is 0.443.